The van der Waals surface area contributed by atoms with E-state index in [0.29, 0.717) is 11.5 Å². The molecule has 0 aromatic carbocycles. The first-order valence-corrected chi connectivity index (χ1v) is 6.86. The van der Waals surface area contributed by atoms with Crippen LogP contribution in [0.15, 0.2) is 12.3 Å². The van der Waals surface area contributed by atoms with Crippen LogP contribution < -0.4 is 15.1 Å². The molecule has 1 fully saturated rings. The molecule has 0 unspecified atom stereocenters. The number of aromatic nitrogens is 1. The lowest BCUT2D eigenvalue weighted by atomic mass is 10.0. The maximum atomic E-state index is 13.4. The predicted molar refractivity (Wildman–Crippen MR) is 78.0 cm³/mol. The van der Waals surface area contributed by atoms with Gasteiger partial charge in [-0.05, 0) is 25.9 Å². The molecule has 0 radical (unpaired) electrons. The van der Waals surface area contributed by atoms with E-state index in [1.54, 1.807) is 19.0 Å². The number of piperidine rings is 1. The molecule has 0 saturated carbocycles. The van der Waals surface area contributed by atoms with Crippen LogP contribution in [0.5, 0.6) is 0 Å². The van der Waals surface area contributed by atoms with Gasteiger partial charge in [0.05, 0.1) is 11.9 Å². The fourth-order valence-corrected chi connectivity index (χ4v) is 2.52. The van der Waals surface area contributed by atoms with Gasteiger partial charge in [-0.2, -0.15) is 0 Å². The second-order valence-electron chi connectivity index (χ2n) is 5.20. The number of nitrogens with one attached hydrogen (secondary N) is 1. The SMILES string of the molecule is CN(C)c1cc(F)cnc1N(C(=O)C=O)C1CCNCC1. The number of rotatable bonds is 4. The van der Waals surface area contributed by atoms with Crippen LogP contribution in [-0.2, 0) is 9.59 Å². The minimum atomic E-state index is -0.649. The summed E-state index contributed by atoms with van der Waals surface area (Å²) in [5, 5.41) is 3.21. The minimum absolute atomic E-state index is 0.111. The summed E-state index contributed by atoms with van der Waals surface area (Å²) >= 11 is 0. The summed E-state index contributed by atoms with van der Waals surface area (Å²) in [6.07, 6.45) is 2.80. The molecule has 0 atom stereocenters. The first-order valence-electron chi connectivity index (χ1n) is 6.86. The van der Waals surface area contributed by atoms with Crippen molar-refractivity contribution in [2.45, 2.75) is 18.9 Å². The number of hydrogen-bond acceptors (Lipinski definition) is 5. The van der Waals surface area contributed by atoms with Gasteiger partial charge in [-0.1, -0.05) is 0 Å². The molecular weight excluding hydrogens is 275 g/mol. The van der Waals surface area contributed by atoms with Crippen LogP contribution in [0.1, 0.15) is 12.8 Å². The lowest BCUT2D eigenvalue weighted by Crippen LogP contribution is -2.47. The zero-order valence-corrected chi connectivity index (χ0v) is 12.2. The third-order valence-corrected chi connectivity index (χ3v) is 3.54. The lowest BCUT2D eigenvalue weighted by Gasteiger charge is -2.34. The van der Waals surface area contributed by atoms with Gasteiger partial charge >= 0.3 is 0 Å². The van der Waals surface area contributed by atoms with Crippen LogP contribution in [0, 0.1) is 5.82 Å². The highest BCUT2D eigenvalue weighted by Gasteiger charge is 2.29. The van der Waals surface area contributed by atoms with E-state index in [4.69, 9.17) is 0 Å². The van der Waals surface area contributed by atoms with Crippen molar-refractivity contribution in [2.24, 2.45) is 0 Å². The maximum absolute atomic E-state index is 13.4. The third-order valence-electron chi connectivity index (χ3n) is 3.54. The summed E-state index contributed by atoms with van der Waals surface area (Å²) in [5.41, 5.74) is 0.476. The van der Waals surface area contributed by atoms with Gasteiger partial charge in [0, 0.05) is 26.2 Å². The Bertz CT molecular complexity index is 530. The molecule has 0 bridgehead atoms. The van der Waals surface area contributed by atoms with E-state index < -0.39 is 11.7 Å². The average Bonchev–Trinajstić information content (AvgIpc) is 2.49. The predicted octanol–water partition coefficient (Wildman–Crippen LogP) is 0.571. The van der Waals surface area contributed by atoms with Crippen LogP contribution in [-0.4, -0.2) is 50.4 Å². The van der Waals surface area contributed by atoms with Gasteiger partial charge in [0.15, 0.2) is 5.82 Å². The number of pyridine rings is 1. The van der Waals surface area contributed by atoms with Crippen molar-refractivity contribution in [3.8, 4) is 0 Å². The van der Waals surface area contributed by atoms with Gasteiger partial charge in [-0.3, -0.25) is 14.5 Å². The summed E-state index contributed by atoms with van der Waals surface area (Å²) in [6, 6.07) is 1.20. The molecule has 1 aromatic rings. The van der Waals surface area contributed by atoms with E-state index in [9.17, 15) is 14.0 Å². The van der Waals surface area contributed by atoms with Crippen molar-refractivity contribution in [3.63, 3.8) is 0 Å². The van der Waals surface area contributed by atoms with Crippen molar-refractivity contribution in [2.75, 3.05) is 37.0 Å². The molecule has 6 nitrogen and oxygen atoms in total. The van der Waals surface area contributed by atoms with Crippen molar-refractivity contribution in [3.05, 3.63) is 18.1 Å². The van der Waals surface area contributed by atoms with Crippen molar-refractivity contribution in [1.82, 2.24) is 10.3 Å². The Morgan fingerprint density at radius 2 is 2.10 bits per heavy atom. The molecule has 21 heavy (non-hydrogen) atoms. The van der Waals surface area contributed by atoms with E-state index in [1.165, 1.54) is 11.0 Å². The minimum Gasteiger partial charge on any atom is -0.375 e. The normalized spacial score (nSPS) is 15.6. The average molecular weight is 294 g/mol. The van der Waals surface area contributed by atoms with E-state index in [0.717, 1.165) is 32.1 Å². The Labute approximate surface area is 122 Å². The van der Waals surface area contributed by atoms with E-state index in [1.807, 2.05) is 0 Å². The number of aldehydes is 1. The molecular formula is C14H19FN4O2. The fraction of sp³-hybridized carbons (Fsp3) is 0.500. The van der Waals surface area contributed by atoms with E-state index in [2.05, 4.69) is 10.3 Å². The fourth-order valence-electron chi connectivity index (χ4n) is 2.52. The number of halogens is 1. The Hall–Kier alpha value is -2.02. The van der Waals surface area contributed by atoms with Crippen LogP contribution in [0.25, 0.3) is 0 Å². The standard InChI is InChI=1S/C14H19FN4O2/c1-18(2)12-7-10(15)8-17-14(12)19(13(21)9-20)11-3-5-16-6-4-11/h7-9,11,16H,3-6H2,1-2H3. The van der Waals surface area contributed by atoms with Gasteiger partial charge in [-0.25, -0.2) is 9.37 Å². The van der Waals surface area contributed by atoms with Crippen LogP contribution in [0.4, 0.5) is 15.9 Å². The van der Waals surface area contributed by atoms with Crippen molar-refractivity contribution in [1.29, 1.82) is 0 Å². The Morgan fingerprint density at radius 1 is 1.43 bits per heavy atom. The molecule has 1 aliphatic rings. The molecule has 1 aliphatic heterocycles. The highest BCUT2D eigenvalue weighted by Crippen LogP contribution is 2.29. The molecule has 0 aliphatic carbocycles. The molecule has 1 saturated heterocycles. The molecule has 0 spiro atoms. The second-order valence-corrected chi connectivity index (χ2v) is 5.20. The van der Waals surface area contributed by atoms with Crippen LogP contribution in [0.2, 0.25) is 0 Å². The van der Waals surface area contributed by atoms with Crippen molar-refractivity contribution < 1.29 is 14.0 Å². The highest BCUT2D eigenvalue weighted by atomic mass is 19.1. The Balaban J connectivity index is 2.45. The summed E-state index contributed by atoms with van der Waals surface area (Å²) in [7, 11) is 3.48. The molecule has 7 heteroatoms. The first kappa shape index (κ1) is 15.4. The largest absolute Gasteiger partial charge is 0.375 e. The summed E-state index contributed by atoms with van der Waals surface area (Å²) in [4.78, 5) is 30.2. The highest BCUT2D eigenvalue weighted by molar-refractivity contribution is 6.30. The zero-order valence-electron chi connectivity index (χ0n) is 12.2. The van der Waals surface area contributed by atoms with Crippen LogP contribution >= 0.6 is 0 Å². The number of amides is 1. The van der Waals surface area contributed by atoms with Crippen molar-refractivity contribution >= 4 is 23.7 Å². The van der Waals surface area contributed by atoms with Crippen LogP contribution in [0.3, 0.4) is 0 Å². The Morgan fingerprint density at radius 3 is 2.67 bits per heavy atom. The maximum Gasteiger partial charge on any atom is 0.292 e. The summed E-state index contributed by atoms with van der Waals surface area (Å²) in [5.74, 6) is -0.805. The molecule has 2 heterocycles. The summed E-state index contributed by atoms with van der Waals surface area (Å²) < 4.78 is 13.4. The van der Waals surface area contributed by atoms with Gasteiger partial charge in [0.1, 0.15) is 5.82 Å². The molecule has 114 valence electrons. The number of carbonyl (C=O) groups excluding carboxylic acids is 2. The number of nitrogens with zero attached hydrogens (tertiary/aromatic N) is 3. The quantitative estimate of drug-likeness (QED) is 0.650. The van der Waals surface area contributed by atoms with Gasteiger partial charge in [-0.15, -0.1) is 0 Å². The topological polar surface area (TPSA) is 65.5 Å². The monoisotopic (exact) mass is 294 g/mol. The lowest BCUT2D eigenvalue weighted by molar-refractivity contribution is -0.130. The Kier molecular flexibility index (Phi) is 4.85. The second kappa shape index (κ2) is 6.62. The van der Waals surface area contributed by atoms with Gasteiger partial charge in [0.2, 0.25) is 6.29 Å². The molecule has 1 amide bonds. The molecule has 1 aromatic heterocycles. The first-order chi connectivity index (χ1) is 10.0. The zero-order chi connectivity index (χ0) is 15.4. The number of hydrogen-bond donors (Lipinski definition) is 1. The third kappa shape index (κ3) is 3.36. The van der Waals surface area contributed by atoms with E-state index in [-0.39, 0.29) is 12.3 Å². The molecule has 2 rings (SSSR count). The molecule has 1 N–H and O–H groups in total. The number of anilines is 2. The van der Waals surface area contributed by atoms with E-state index >= 15 is 0 Å². The summed E-state index contributed by atoms with van der Waals surface area (Å²) in [6.45, 7) is 1.54. The smallest absolute Gasteiger partial charge is 0.292 e. The van der Waals surface area contributed by atoms with Gasteiger partial charge < -0.3 is 10.2 Å². The number of carbonyl (C=O) groups is 2. The van der Waals surface area contributed by atoms with Gasteiger partial charge in [0.25, 0.3) is 5.91 Å².